The first kappa shape index (κ1) is 19.4. The van der Waals surface area contributed by atoms with Gasteiger partial charge in [-0.2, -0.15) is 5.26 Å². The molecule has 0 aliphatic carbocycles. The number of urea groups is 1. The molecule has 0 spiro atoms. The first-order valence-electron chi connectivity index (χ1n) is 9.13. The molecular formula is C21H24N4O3. The van der Waals surface area contributed by atoms with Gasteiger partial charge in [0.1, 0.15) is 0 Å². The smallest absolute Gasteiger partial charge is 0.317 e. The van der Waals surface area contributed by atoms with Crippen molar-refractivity contribution < 1.29 is 14.3 Å². The standard InChI is InChI=1S/C21H24N4O3/c1-27-19-7-6-17(13-20(19)28-2)15-23-21(26)25-10-8-24(9-11-25)18-5-3-4-16(12-18)14-22/h3-7,12-13H,8-11,15H2,1-2H3,(H,23,26). The van der Waals surface area contributed by atoms with Crippen LogP contribution < -0.4 is 19.7 Å². The van der Waals surface area contributed by atoms with Gasteiger partial charge in [0.25, 0.3) is 0 Å². The average molecular weight is 380 g/mol. The highest BCUT2D eigenvalue weighted by molar-refractivity contribution is 5.74. The Morgan fingerprint density at radius 1 is 1.07 bits per heavy atom. The molecule has 0 unspecified atom stereocenters. The number of carbonyl (C=O) groups excluding carboxylic acids is 1. The van der Waals surface area contributed by atoms with E-state index in [0.717, 1.165) is 24.3 Å². The summed E-state index contributed by atoms with van der Waals surface area (Å²) in [4.78, 5) is 16.5. The Hall–Kier alpha value is -3.40. The summed E-state index contributed by atoms with van der Waals surface area (Å²) in [6.45, 7) is 3.16. The van der Waals surface area contributed by atoms with E-state index in [1.165, 1.54) is 0 Å². The summed E-state index contributed by atoms with van der Waals surface area (Å²) < 4.78 is 10.5. The minimum Gasteiger partial charge on any atom is -0.493 e. The largest absolute Gasteiger partial charge is 0.493 e. The van der Waals surface area contributed by atoms with Crippen LogP contribution in [0.1, 0.15) is 11.1 Å². The maximum atomic E-state index is 12.5. The van der Waals surface area contributed by atoms with Crippen LogP contribution in [-0.2, 0) is 6.54 Å². The normalized spacial score (nSPS) is 13.6. The molecule has 1 N–H and O–H groups in total. The number of hydrogen-bond donors (Lipinski definition) is 1. The first-order valence-corrected chi connectivity index (χ1v) is 9.13. The Labute approximate surface area is 165 Å². The van der Waals surface area contributed by atoms with Crippen LogP contribution in [-0.4, -0.2) is 51.3 Å². The van der Waals surface area contributed by atoms with Gasteiger partial charge in [0.2, 0.25) is 0 Å². The summed E-state index contributed by atoms with van der Waals surface area (Å²) in [7, 11) is 3.18. The van der Waals surface area contributed by atoms with Gasteiger partial charge in [-0.25, -0.2) is 4.79 Å². The topological polar surface area (TPSA) is 77.8 Å². The fraction of sp³-hybridized carbons (Fsp3) is 0.333. The van der Waals surface area contributed by atoms with Crippen molar-refractivity contribution >= 4 is 11.7 Å². The zero-order valence-corrected chi connectivity index (χ0v) is 16.1. The number of amides is 2. The van der Waals surface area contributed by atoms with Gasteiger partial charge in [0, 0.05) is 38.4 Å². The molecule has 2 aromatic carbocycles. The molecule has 0 aromatic heterocycles. The number of ether oxygens (including phenoxy) is 2. The lowest BCUT2D eigenvalue weighted by Gasteiger charge is -2.36. The summed E-state index contributed by atoms with van der Waals surface area (Å²) in [6.07, 6.45) is 0. The van der Waals surface area contributed by atoms with E-state index in [-0.39, 0.29) is 6.03 Å². The van der Waals surface area contributed by atoms with Gasteiger partial charge in [-0.05, 0) is 35.9 Å². The van der Waals surface area contributed by atoms with Crippen LogP contribution in [0.15, 0.2) is 42.5 Å². The first-order chi connectivity index (χ1) is 13.6. The quantitative estimate of drug-likeness (QED) is 0.863. The number of benzene rings is 2. The summed E-state index contributed by atoms with van der Waals surface area (Å²) in [5.41, 5.74) is 2.61. The van der Waals surface area contributed by atoms with Crippen LogP contribution in [0.5, 0.6) is 11.5 Å². The number of anilines is 1. The number of nitrogens with zero attached hydrogens (tertiary/aromatic N) is 3. The molecule has 7 nitrogen and oxygen atoms in total. The van der Waals surface area contributed by atoms with Crippen LogP contribution in [0.4, 0.5) is 10.5 Å². The molecule has 146 valence electrons. The van der Waals surface area contributed by atoms with Gasteiger partial charge < -0.3 is 24.6 Å². The SMILES string of the molecule is COc1ccc(CNC(=O)N2CCN(c3cccc(C#N)c3)CC2)cc1OC. The maximum absolute atomic E-state index is 12.5. The monoisotopic (exact) mass is 380 g/mol. The van der Waals surface area contributed by atoms with E-state index >= 15 is 0 Å². The number of carbonyl (C=O) groups is 1. The van der Waals surface area contributed by atoms with Crippen molar-refractivity contribution in [1.82, 2.24) is 10.2 Å². The van der Waals surface area contributed by atoms with E-state index in [2.05, 4.69) is 16.3 Å². The minimum absolute atomic E-state index is 0.0831. The molecule has 2 aromatic rings. The van der Waals surface area contributed by atoms with Gasteiger partial charge in [0.05, 0.1) is 25.9 Å². The summed E-state index contributed by atoms with van der Waals surface area (Å²) >= 11 is 0. The third-order valence-corrected chi connectivity index (χ3v) is 4.80. The zero-order chi connectivity index (χ0) is 19.9. The predicted octanol–water partition coefficient (Wildman–Crippen LogP) is 2.61. The summed E-state index contributed by atoms with van der Waals surface area (Å²) in [6, 6.07) is 15.2. The van der Waals surface area contributed by atoms with E-state index in [1.807, 2.05) is 41.3 Å². The number of methoxy groups -OCH3 is 2. The molecule has 28 heavy (non-hydrogen) atoms. The molecule has 1 fully saturated rings. The molecule has 2 amide bonds. The molecule has 1 heterocycles. The fourth-order valence-corrected chi connectivity index (χ4v) is 3.22. The van der Waals surface area contributed by atoms with Crippen LogP contribution >= 0.6 is 0 Å². The van der Waals surface area contributed by atoms with Gasteiger partial charge in [0.15, 0.2) is 11.5 Å². The van der Waals surface area contributed by atoms with Gasteiger partial charge >= 0.3 is 6.03 Å². The second-order valence-corrected chi connectivity index (χ2v) is 6.48. The second-order valence-electron chi connectivity index (χ2n) is 6.48. The average Bonchev–Trinajstić information content (AvgIpc) is 2.77. The fourth-order valence-electron chi connectivity index (χ4n) is 3.22. The molecule has 0 bridgehead atoms. The van der Waals surface area contributed by atoms with Crippen molar-refractivity contribution in [1.29, 1.82) is 5.26 Å². The Bertz CT molecular complexity index is 870. The van der Waals surface area contributed by atoms with Gasteiger partial charge in [-0.1, -0.05) is 12.1 Å². The van der Waals surface area contributed by atoms with E-state index in [1.54, 1.807) is 20.3 Å². The van der Waals surface area contributed by atoms with Crippen LogP contribution in [0.3, 0.4) is 0 Å². The molecule has 3 rings (SSSR count). The zero-order valence-electron chi connectivity index (χ0n) is 16.1. The predicted molar refractivity (Wildman–Crippen MR) is 107 cm³/mol. The highest BCUT2D eigenvalue weighted by Crippen LogP contribution is 2.27. The Morgan fingerprint density at radius 3 is 2.50 bits per heavy atom. The van der Waals surface area contributed by atoms with Crippen LogP contribution in [0.25, 0.3) is 0 Å². The Kier molecular flexibility index (Phi) is 6.22. The van der Waals surface area contributed by atoms with Crippen molar-refractivity contribution in [2.45, 2.75) is 6.54 Å². The van der Waals surface area contributed by atoms with Crippen molar-refractivity contribution in [2.75, 3.05) is 45.3 Å². The molecule has 1 saturated heterocycles. The lowest BCUT2D eigenvalue weighted by Crippen LogP contribution is -2.51. The number of hydrogen-bond acceptors (Lipinski definition) is 5. The third kappa shape index (κ3) is 4.46. The maximum Gasteiger partial charge on any atom is 0.317 e. The highest BCUT2D eigenvalue weighted by atomic mass is 16.5. The van der Waals surface area contributed by atoms with E-state index in [4.69, 9.17) is 14.7 Å². The molecular weight excluding hydrogens is 356 g/mol. The number of nitrogens with one attached hydrogen (secondary N) is 1. The highest BCUT2D eigenvalue weighted by Gasteiger charge is 2.21. The second kappa shape index (κ2) is 9.00. The molecule has 0 atom stereocenters. The van der Waals surface area contributed by atoms with Crippen molar-refractivity contribution in [2.24, 2.45) is 0 Å². The van der Waals surface area contributed by atoms with Crippen LogP contribution in [0, 0.1) is 11.3 Å². The molecule has 7 heteroatoms. The third-order valence-electron chi connectivity index (χ3n) is 4.80. The van der Waals surface area contributed by atoms with Crippen molar-refractivity contribution in [3.05, 3.63) is 53.6 Å². The Balaban J connectivity index is 1.52. The van der Waals surface area contributed by atoms with Gasteiger partial charge in [-0.15, -0.1) is 0 Å². The molecule has 1 aliphatic rings. The van der Waals surface area contributed by atoms with E-state index in [9.17, 15) is 4.79 Å². The molecule has 0 radical (unpaired) electrons. The van der Waals surface area contributed by atoms with Gasteiger partial charge in [-0.3, -0.25) is 0 Å². The van der Waals surface area contributed by atoms with E-state index in [0.29, 0.717) is 36.7 Å². The Morgan fingerprint density at radius 2 is 1.82 bits per heavy atom. The summed E-state index contributed by atoms with van der Waals surface area (Å²) in [5.74, 6) is 1.30. The summed E-state index contributed by atoms with van der Waals surface area (Å²) in [5, 5.41) is 12.0. The van der Waals surface area contributed by atoms with E-state index < -0.39 is 0 Å². The molecule has 1 aliphatic heterocycles. The molecule has 0 saturated carbocycles. The number of piperazine rings is 1. The lowest BCUT2D eigenvalue weighted by atomic mass is 10.2. The number of rotatable bonds is 5. The number of nitriles is 1. The minimum atomic E-state index is -0.0831. The van der Waals surface area contributed by atoms with Crippen LogP contribution in [0.2, 0.25) is 0 Å². The van der Waals surface area contributed by atoms with Crippen molar-refractivity contribution in [3.8, 4) is 17.6 Å². The van der Waals surface area contributed by atoms with Crippen molar-refractivity contribution in [3.63, 3.8) is 0 Å². The lowest BCUT2D eigenvalue weighted by molar-refractivity contribution is 0.194.